The van der Waals surface area contributed by atoms with E-state index in [1.807, 2.05) is 77.1 Å². The number of hydrogen-bond donors (Lipinski definition) is 3. The summed E-state index contributed by atoms with van der Waals surface area (Å²) in [5.41, 5.74) is 0.988. The topological polar surface area (TPSA) is 141 Å². The molecule has 0 saturated carbocycles. The highest BCUT2D eigenvalue weighted by atomic mass is 16.5. The van der Waals surface area contributed by atoms with Gasteiger partial charge in [-0.2, -0.15) is 5.26 Å². The molecular weight excluding hydrogens is 558 g/mol. The van der Waals surface area contributed by atoms with Gasteiger partial charge in [0.2, 0.25) is 23.6 Å². The first kappa shape index (κ1) is 31.2. The van der Waals surface area contributed by atoms with Crippen LogP contribution in [0.5, 0.6) is 0 Å². The van der Waals surface area contributed by atoms with Gasteiger partial charge in [-0.1, -0.05) is 57.2 Å². The molecule has 3 aliphatic heterocycles. The molecule has 3 atom stereocenters. The third kappa shape index (κ3) is 5.57. The third-order valence-electron chi connectivity index (χ3n) is 9.27. The van der Waals surface area contributed by atoms with Crippen LogP contribution < -0.4 is 16.0 Å². The van der Waals surface area contributed by atoms with Gasteiger partial charge in [0.15, 0.2) is 0 Å². The Hall–Kier alpha value is -4.23. The van der Waals surface area contributed by atoms with Crippen molar-refractivity contribution in [1.29, 1.82) is 5.26 Å². The molecule has 0 unspecified atom stereocenters. The lowest BCUT2D eigenvalue weighted by molar-refractivity contribution is -0.150. The average molecular weight is 600 g/mol. The molecule has 44 heavy (non-hydrogen) atoms. The molecule has 1 spiro atoms. The molecule has 3 N–H and O–H groups in total. The molecule has 2 fully saturated rings. The quantitative estimate of drug-likeness (QED) is 0.429. The van der Waals surface area contributed by atoms with Gasteiger partial charge < -0.3 is 25.6 Å². The van der Waals surface area contributed by atoms with Crippen LogP contribution in [-0.2, 0) is 29.3 Å². The van der Waals surface area contributed by atoms with Crippen LogP contribution in [0.25, 0.3) is 0 Å². The van der Waals surface area contributed by atoms with E-state index < -0.39 is 40.6 Å². The number of nitriles is 1. The van der Waals surface area contributed by atoms with E-state index in [0.29, 0.717) is 11.4 Å². The lowest BCUT2D eigenvalue weighted by atomic mass is 9.77. The summed E-state index contributed by atoms with van der Waals surface area (Å²) in [6.07, 6.45) is 0.758. The summed E-state index contributed by atoms with van der Waals surface area (Å²) in [4.78, 5) is 57.2. The molecule has 5 rings (SSSR count). The number of nitrogens with zero attached hydrogens (tertiary/aromatic N) is 2. The summed E-state index contributed by atoms with van der Waals surface area (Å²) in [7, 11) is 0. The van der Waals surface area contributed by atoms with Gasteiger partial charge in [0.25, 0.3) is 0 Å². The Balaban J connectivity index is 1.44. The summed E-state index contributed by atoms with van der Waals surface area (Å²) in [5, 5.41) is 19.0. The highest BCUT2D eigenvalue weighted by Gasteiger charge is 2.57. The normalized spacial score (nSPS) is 23.0. The second kappa shape index (κ2) is 11.7. The van der Waals surface area contributed by atoms with E-state index in [2.05, 4.69) is 22.0 Å². The number of anilines is 2. The van der Waals surface area contributed by atoms with Crippen molar-refractivity contribution in [2.45, 2.75) is 77.8 Å². The molecule has 0 bridgehead atoms. The first-order valence-corrected chi connectivity index (χ1v) is 15.2. The lowest BCUT2D eigenvalue weighted by Crippen LogP contribution is -2.58. The fourth-order valence-electron chi connectivity index (χ4n) is 6.82. The standard InChI is InChI=1S/C34H41N5O5/c1-21-9-8-10-22(2)27(21)38-30(42)33(13-15-44-16-14-33)29(41)37-26(18-32(3,4)5)28(40)39-20-34(17-23(39)19-35)24-11-6-7-12-25(24)36-31(34)43/h6-12,23,26H,13-18,20H2,1-5H3,(H,36,43)(H,37,41)(H,38,42)/t23-,26-,34-/m0/s1. The van der Waals surface area contributed by atoms with Gasteiger partial charge in [-0.3, -0.25) is 19.2 Å². The van der Waals surface area contributed by atoms with Gasteiger partial charge >= 0.3 is 0 Å². The Morgan fingerprint density at radius 3 is 2.36 bits per heavy atom. The zero-order chi connectivity index (χ0) is 31.9. The van der Waals surface area contributed by atoms with Crippen LogP contribution in [0.1, 0.15) is 63.1 Å². The molecule has 10 nitrogen and oxygen atoms in total. The van der Waals surface area contributed by atoms with Crippen molar-refractivity contribution in [2.75, 3.05) is 30.4 Å². The van der Waals surface area contributed by atoms with Crippen LogP contribution in [0.4, 0.5) is 11.4 Å². The summed E-state index contributed by atoms with van der Waals surface area (Å²) in [6, 6.07) is 13.4. The Morgan fingerprint density at radius 2 is 1.73 bits per heavy atom. The van der Waals surface area contributed by atoms with Gasteiger partial charge in [0.1, 0.15) is 17.5 Å². The van der Waals surface area contributed by atoms with E-state index in [-0.39, 0.29) is 56.8 Å². The molecule has 3 aliphatic rings. The van der Waals surface area contributed by atoms with E-state index in [0.717, 1.165) is 16.7 Å². The lowest BCUT2D eigenvalue weighted by Gasteiger charge is -2.37. The van der Waals surface area contributed by atoms with Crippen molar-refractivity contribution >= 4 is 35.0 Å². The minimum absolute atomic E-state index is 0.0233. The molecule has 232 valence electrons. The van der Waals surface area contributed by atoms with E-state index in [9.17, 15) is 24.4 Å². The smallest absolute Gasteiger partial charge is 0.246 e. The molecule has 10 heteroatoms. The molecule has 0 aliphatic carbocycles. The Bertz CT molecular complexity index is 1510. The van der Waals surface area contributed by atoms with Crippen molar-refractivity contribution in [3.8, 4) is 6.07 Å². The predicted molar refractivity (Wildman–Crippen MR) is 166 cm³/mol. The number of amides is 4. The number of aryl methyl sites for hydroxylation is 2. The number of fused-ring (bicyclic) bond motifs is 2. The number of likely N-dealkylation sites (tertiary alicyclic amines) is 1. The molecule has 2 aromatic carbocycles. The minimum Gasteiger partial charge on any atom is -0.381 e. The molecule has 0 radical (unpaired) electrons. The fourth-order valence-corrected chi connectivity index (χ4v) is 6.82. The third-order valence-corrected chi connectivity index (χ3v) is 9.27. The van der Waals surface area contributed by atoms with Crippen LogP contribution in [0.2, 0.25) is 0 Å². The predicted octanol–water partition coefficient (Wildman–Crippen LogP) is 3.97. The van der Waals surface area contributed by atoms with E-state index >= 15 is 0 Å². The molecule has 2 aromatic rings. The largest absolute Gasteiger partial charge is 0.381 e. The molecule has 4 amide bonds. The van der Waals surface area contributed by atoms with Gasteiger partial charge in [0.05, 0.1) is 11.5 Å². The maximum absolute atomic E-state index is 14.3. The van der Waals surface area contributed by atoms with E-state index in [1.54, 1.807) is 0 Å². The highest BCUT2D eigenvalue weighted by Crippen LogP contribution is 2.46. The van der Waals surface area contributed by atoms with Crippen molar-refractivity contribution in [1.82, 2.24) is 10.2 Å². The van der Waals surface area contributed by atoms with E-state index in [1.165, 1.54) is 4.90 Å². The first-order chi connectivity index (χ1) is 20.8. The number of ether oxygens (including phenoxy) is 1. The second-order valence-corrected chi connectivity index (χ2v) is 13.6. The van der Waals surface area contributed by atoms with Gasteiger partial charge in [-0.25, -0.2) is 0 Å². The number of para-hydroxylation sites is 2. The molecule has 0 aromatic heterocycles. The molecule has 2 saturated heterocycles. The van der Waals surface area contributed by atoms with Crippen LogP contribution in [0.15, 0.2) is 42.5 Å². The van der Waals surface area contributed by atoms with Crippen LogP contribution in [-0.4, -0.2) is 60.4 Å². The summed E-state index contributed by atoms with van der Waals surface area (Å²) in [5.74, 6) is -1.66. The average Bonchev–Trinajstić information content (AvgIpc) is 3.51. The van der Waals surface area contributed by atoms with E-state index in [4.69, 9.17) is 4.74 Å². The molecule has 3 heterocycles. The fraction of sp³-hybridized carbons (Fsp3) is 0.500. The number of carbonyl (C=O) groups is 4. The van der Waals surface area contributed by atoms with Gasteiger partial charge in [-0.15, -0.1) is 0 Å². The van der Waals surface area contributed by atoms with Crippen molar-refractivity contribution in [3.63, 3.8) is 0 Å². The van der Waals surface area contributed by atoms with Crippen molar-refractivity contribution in [2.24, 2.45) is 10.8 Å². The maximum atomic E-state index is 14.3. The Morgan fingerprint density at radius 1 is 1.07 bits per heavy atom. The summed E-state index contributed by atoms with van der Waals surface area (Å²) >= 11 is 0. The minimum atomic E-state index is -1.45. The maximum Gasteiger partial charge on any atom is 0.246 e. The SMILES string of the molecule is Cc1cccc(C)c1NC(=O)C1(C(=O)N[C@@H](CC(C)(C)C)C(=O)N2C[C@]3(C[C@H]2C#N)C(=O)Nc2ccccc23)CCOCC1. The van der Waals surface area contributed by atoms with Crippen LogP contribution in [0, 0.1) is 36.0 Å². The van der Waals surface area contributed by atoms with Crippen molar-refractivity contribution in [3.05, 3.63) is 59.2 Å². The van der Waals surface area contributed by atoms with Crippen LogP contribution >= 0.6 is 0 Å². The van der Waals surface area contributed by atoms with Crippen LogP contribution in [0.3, 0.4) is 0 Å². The first-order valence-electron chi connectivity index (χ1n) is 15.2. The second-order valence-electron chi connectivity index (χ2n) is 13.6. The molecular formula is C34H41N5O5. The Labute approximate surface area is 258 Å². The van der Waals surface area contributed by atoms with Gasteiger partial charge in [-0.05, 0) is 61.3 Å². The van der Waals surface area contributed by atoms with Gasteiger partial charge in [0, 0.05) is 37.6 Å². The summed E-state index contributed by atoms with van der Waals surface area (Å²) < 4.78 is 5.55. The number of hydrogen-bond acceptors (Lipinski definition) is 6. The Kier molecular flexibility index (Phi) is 8.29. The highest BCUT2D eigenvalue weighted by molar-refractivity contribution is 6.12. The number of nitrogens with one attached hydrogen (secondary N) is 3. The number of rotatable bonds is 6. The monoisotopic (exact) mass is 599 g/mol. The van der Waals surface area contributed by atoms with Crippen molar-refractivity contribution < 1.29 is 23.9 Å². The zero-order valence-corrected chi connectivity index (χ0v) is 26.1. The summed E-state index contributed by atoms with van der Waals surface area (Å²) in [6.45, 7) is 10.2. The number of carbonyl (C=O) groups excluding carboxylic acids is 4. The number of benzene rings is 2. The zero-order valence-electron chi connectivity index (χ0n) is 26.1.